The number of rotatable bonds is 7. The van der Waals surface area contributed by atoms with Crippen LogP contribution in [0.2, 0.25) is 0 Å². The van der Waals surface area contributed by atoms with Crippen LogP contribution in [0.3, 0.4) is 0 Å². The number of carbonyl (C=O) groups excluding carboxylic acids is 2. The van der Waals surface area contributed by atoms with Crippen molar-refractivity contribution in [2.24, 2.45) is 0 Å². The Hall–Kier alpha value is -2.35. The number of benzene rings is 1. The molecule has 0 atom stereocenters. The number of hydrogen-bond donors (Lipinski definition) is 1. The zero-order valence-corrected chi connectivity index (χ0v) is 17.6. The highest BCUT2D eigenvalue weighted by Crippen LogP contribution is 2.31. The summed E-state index contributed by atoms with van der Waals surface area (Å²) >= 11 is 0. The molecule has 1 N–H and O–H groups in total. The van der Waals surface area contributed by atoms with Gasteiger partial charge in [0.15, 0.2) is 0 Å². The third kappa shape index (κ3) is 5.58. The molecule has 0 aromatic heterocycles. The Labute approximate surface area is 166 Å². The number of sulfonamides is 1. The second-order valence-corrected chi connectivity index (χ2v) is 9.48. The third-order valence-corrected chi connectivity index (χ3v) is 5.96. The van der Waals surface area contributed by atoms with E-state index in [-0.39, 0.29) is 11.4 Å². The highest BCUT2D eigenvalue weighted by atomic mass is 32.2. The van der Waals surface area contributed by atoms with Crippen LogP contribution in [0.15, 0.2) is 30.3 Å². The van der Waals surface area contributed by atoms with Crippen molar-refractivity contribution in [3.8, 4) is 0 Å². The van der Waals surface area contributed by atoms with Crippen LogP contribution in [0.1, 0.15) is 51.7 Å². The van der Waals surface area contributed by atoms with Gasteiger partial charge in [0, 0.05) is 19.2 Å². The van der Waals surface area contributed by atoms with Crippen LogP contribution in [0.4, 0.5) is 4.79 Å². The maximum absolute atomic E-state index is 12.6. The molecule has 8 heteroatoms. The SMILES string of the molecule is CCCCN1C(=O)C=C(c2ccc(CCNC(=O)OC(C)(C)C)cc2)S1(=O)=O. The molecule has 0 unspecified atom stereocenters. The van der Waals surface area contributed by atoms with Crippen LogP contribution >= 0.6 is 0 Å². The molecule has 0 aliphatic carbocycles. The summed E-state index contributed by atoms with van der Waals surface area (Å²) in [6, 6.07) is 6.95. The standard InChI is InChI=1S/C20H28N2O5S/c1-5-6-13-22-18(23)14-17(28(22,25)26)16-9-7-15(8-10-16)11-12-21-19(24)27-20(2,3)4/h7-10,14H,5-6,11-13H2,1-4H3,(H,21,24). The van der Waals surface area contributed by atoms with E-state index in [0.29, 0.717) is 24.9 Å². The minimum absolute atomic E-state index is 0.0343. The maximum Gasteiger partial charge on any atom is 0.407 e. The van der Waals surface area contributed by atoms with Gasteiger partial charge in [0.2, 0.25) is 0 Å². The van der Waals surface area contributed by atoms with Gasteiger partial charge in [-0.15, -0.1) is 0 Å². The van der Waals surface area contributed by atoms with Crippen LogP contribution in [0.25, 0.3) is 4.91 Å². The van der Waals surface area contributed by atoms with E-state index in [4.69, 9.17) is 4.74 Å². The molecule has 28 heavy (non-hydrogen) atoms. The lowest BCUT2D eigenvalue weighted by atomic mass is 10.1. The lowest BCUT2D eigenvalue weighted by molar-refractivity contribution is -0.121. The van der Waals surface area contributed by atoms with E-state index in [1.54, 1.807) is 45.0 Å². The molecule has 1 aromatic carbocycles. The fraction of sp³-hybridized carbons (Fsp3) is 0.500. The summed E-state index contributed by atoms with van der Waals surface area (Å²) in [6.45, 7) is 7.93. The van der Waals surface area contributed by atoms with Crippen molar-refractivity contribution in [1.29, 1.82) is 0 Å². The zero-order chi connectivity index (χ0) is 20.9. The van der Waals surface area contributed by atoms with Gasteiger partial charge in [-0.05, 0) is 44.7 Å². The molecule has 1 heterocycles. The average molecular weight is 409 g/mol. The van der Waals surface area contributed by atoms with Gasteiger partial charge in [0.05, 0.1) is 0 Å². The van der Waals surface area contributed by atoms with Crippen molar-refractivity contribution in [1.82, 2.24) is 9.62 Å². The summed E-state index contributed by atoms with van der Waals surface area (Å²) in [5.74, 6) is -0.492. The maximum atomic E-state index is 12.6. The number of hydrogen-bond acceptors (Lipinski definition) is 5. The monoisotopic (exact) mass is 408 g/mol. The summed E-state index contributed by atoms with van der Waals surface area (Å²) in [7, 11) is -3.79. The zero-order valence-electron chi connectivity index (χ0n) is 16.8. The second kappa shape index (κ2) is 8.77. The Kier molecular flexibility index (Phi) is 6.87. The second-order valence-electron chi connectivity index (χ2n) is 7.65. The van der Waals surface area contributed by atoms with Gasteiger partial charge >= 0.3 is 6.09 Å². The van der Waals surface area contributed by atoms with E-state index in [0.717, 1.165) is 16.3 Å². The fourth-order valence-electron chi connectivity index (χ4n) is 2.72. The molecule has 7 nitrogen and oxygen atoms in total. The van der Waals surface area contributed by atoms with Crippen LogP contribution in [0.5, 0.6) is 0 Å². The highest BCUT2D eigenvalue weighted by molar-refractivity contribution is 7.99. The Morgan fingerprint density at radius 3 is 2.39 bits per heavy atom. The minimum Gasteiger partial charge on any atom is -0.444 e. The van der Waals surface area contributed by atoms with Crippen molar-refractivity contribution < 1.29 is 22.7 Å². The Balaban J connectivity index is 1.98. The predicted octanol–water partition coefficient (Wildman–Crippen LogP) is 3.07. The highest BCUT2D eigenvalue weighted by Gasteiger charge is 2.37. The molecule has 1 aliphatic rings. The lowest BCUT2D eigenvalue weighted by Gasteiger charge is -2.19. The fourth-order valence-corrected chi connectivity index (χ4v) is 4.30. The first-order valence-electron chi connectivity index (χ1n) is 9.39. The molecular weight excluding hydrogens is 380 g/mol. The van der Waals surface area contributed by atoms with Gasteiger partial charge < -0.3 is 10.1 Å². The van der Waals surface area contributed by atoms with E-state index >= 15 is 0 Å². The third-order valence-electron chi connectivity index (χ3n) is 4.10. The predicted molar refractivity (Wildman–Crippen MR) is 108 cm³/mol. The molecule has 2 amide bonds. The average Bonchev–Trinajstić information content (AvgIpc) is 2.81. The van der Waals surface area contributed by atoms with Crippen LogP contribution in [0, 0.1) is 0 Å². The van der Waals surface area contributed by atoms with Gasteiger partial charge in [0.1, 0.15) is 10.5 Å². The van der Waals surface area contributed by atoms with E-state index in [2.05, 4.69) is 5.32 Å². The molecule has 1 aliphatic heterocycles. The van der Waals surface area contributed by atoms with Crippen LogP contribution < -0.4 is 5.32 Å². The van der Waals surface area contributed by atoms with Gasteiger partial charge in [-0.1, -0.05) is 37.6 Å². The molecule has 0 bridgehead atoms. The van der Waals surface area contributed by atoms with Crippen molar-refractivity contribution in [3.63, 3.8) is 0 Å². The summed E-state index contributed by atoms with van der Waals surface area (Å²) in [5, 5.41) is 2.68. The molecule has 0 saturated carbocycles. The Bertz CT molecular complexity index is 852. The smallest absolute Gasteiger partial charge is 0.407 e. The van der Waals surface area contributed by atoms with Gasteiger partial charge in [-0.25, -0.2) is 17.5 Å². The first-order valence-corrected chi connectivity index (χ1v) is 10.8. The van der Waals surface area contributed by atoms with E-state index in [1.165, 1.54) is 6.08 Å². The topological polar surface area (TPSA) is 92.8 Å². The van der Waals surface area contributed by atoms with Gasteiger partial charge in [-0.2, -0.15) is 0 Å². The summed E-state index contributed by atoms with van der Waals surface area (Å²) in [5.41, 5.74) is 0.871. The van der Waals surface area contributed by atoms with E-state index in [9.17, 15) is 18.0 Å². The van der Waals surface area contributed by atoms with Gasteiger partial charge in [0.25, 0.3) is 15.9 Å². The minimum atomic E-state index is -3.79. The molecule has 1 aromatic rings. The molecule has 0 spiro atoms. The normalized spacial score (nSPS) is 16.1. The van der Waals surface area contributed by atoms with E-state index in [1.807, 2.05) is 6.92 Å². The van der Waals surface area contributed by atoms with E-state index < -0.39 is 27.6 Å². The first-order chi connectivity index (χ1) is 13.0. The molecule has 0 fully saturated rings. The summed E-state index contributed by atoms with van der Waals surface area (Å²) in [6.07, 6.45) is 2.73. The number of carbonyl (C=O) groups is 2. The number of nitrogens with zero attached hydrogens (tertiary/aromatic N) is 1. The van der Waals surface area contributed by atoms with Crippen molar-refractivity contribution in [3.05, 3.63) is 41.5 Å². The molecule has 2 rings (SSSR count). The summed E-state index contributed by atoms with van der Waals surface area (Å²) < 4.78 is 31.4. The molecule has 0 saturated heterocycles. The Morgan fingerprint density at radius 1 is 1.18 bits per heavy atom. The largest absolute Gasteiger partial charge is 0.444 e. The molecular formula is C20H28N2O5S. The number of amides is 2. The lowest BCUT2D eigenvalue weighted by Crippen LogP contribution is -2.33. The van der Waals surface area contributed by atoms with Crippen molar-refractivity contribution >= 4 is 26.9 Å². The number of nitrogens with one attached hydrogen (secondary N) is 1. The number of alkyl carbamates (subject to hydrolysis) is 1. The van der Waals surface area contributed by atoms with Crippen LogP contribution in [-0.2, 0) is 26.0 Å². The van der Waals surface area contributed by atoms with Crippen molar-refractivity contribution in [2.75, 3.05) is 13.1 Å². The van der Waals surface area contributed by atoms with Gasteiger partial charge in [-0.3, -0.25) is 4.79 Å². The number of ether oxygens (including phenoxy) is 1. The Morgan fingerprint density at radius 2 is 1.82 bits per heavy atom. The number of unbranched alkanes of at least 4 members (excludes halogenated alkanes) is 1. The van der Waals surface area contributed by atoms with Crippen LogP contribution in [-0.4, -0.2) is 43.4 Å². The molecule has 154 valence electrons. The summed E-state index contributed by atoms with van der Waals surface area (Å²) in [4.78, 5) is 23.7. The quantitative estimate of drug-likeness (QED) is 0.748. The first kappa shape index (κ1) is 21.9. The van der Waals surface area contributed by atoms with Crippen molar-refractivity contribution in [2.45, 2.75) is 52.6 Å². The molecule has 0 radical (unpaired) electrons.